The maximum atomic E-state index is 12.5. The predicted octanol–water partition coefficient (Wildman–Crippen LogP) is 5.84. The summed E-state index contributed by atoms with van der Waals surface area (Å²) in [6, 6.07) is 13.4. The number of carbonyl (C=O) groups is 1. The number of fused-ring (bicyclic) bond motifs is 1. The molecule has 0 aliphatic rings. The van der Waals surface area contributed by atoms with Crippen molar-refractivity contribution in [3.63, 3.8) is 0 Å². The number of hydrogen-bond donors (Lipinski definition) is 0. The normalized spacial score (nSPS) is 11.3. The molecular weight excluding hydrogens is 329 g/mol. The van der Waals surface area contributed by atoms with Gasteiger partial charge in [0.15, 0.2) is 5.78 Å². The molecule has 3 aromatic rings. The number of carbonyl (C=O) groups excluding carboxylic acids is 1. The maximum absolute atomic E-state index is 12.5. The zero-order valence-corrected chi connectivity index (χ0v) is 14.5. The Morgan fingerprint density at radius 2 is 1.87 bits per heavy atom. The molecule has 1 heterocycles. The summed E-state index contributed by atoms with van der Waals surface area (Å²) in [7, 11) is 0. The summed E-state index contributed by atoms with van der Waals surface area (Å²) >= 11 is 12.2. The van der Waals surface area contributed by atoms with Gasteiger partial charge in [0.1, 0.15) is 0 Å². The molecule has 0 fully saturated rings. The first kappa shape index (κ1) is 16.1. The fourth-order valence-corrected chi connectivity index (χ4v) is 3.19. The molecule has 1 aromatic heterocycles. The van der Waals surface area contributed by atoms with Gasteiger partial charge in [-0.3, -0.25) is 4.79 Å². The third-order valence-corrected chi connectivity index (χ3v) is 4.52. The zero-order valence-electron chi connectivity index (χ0n) is 13.0. The number of Topliss-reactive ketones (excluding diaryl/α,β-unsaturated/α-hetero) is 1. The number of ketones is 1. The molecule has 3 rings (SSSR count). The second kappa shape index (κ2) is 6.38. The van der Waals surface area contributed by atoms with Crippen LogP contribution < -0.4 is 0 Å². The minimum absolute atomic E-state index is 0.0339. The van der Waals surface area contributed by atoms with Crippen LogP contribution in [-0.4, -0.2) is 10.4 Å². The topological polar surface area (TPSA) is 22.0 Å². The van der Waals surface area contributed by atoms with Crippen LogP contribution in [0.2, 0.25) is 10.0 Å². The van der Waals surface area contributed by atoms with Crippen LogP contribution in [0.5, 0.6) is 0 Å². The number of halogens is 2. The molecule has 0 saturated heterocycles. The third kappa shape index (κ3) is 3.15. The van der Waals surface area contributed by atoms with Gasteiger partial charge in [-0.2, -0.15) is 0 Å². The second-order valence-electron chi connectivity index (χ2n) is 5.94. The molecule has 0 saturated carbocycles. The van der Waals surface area contributed by atoms with Gasteiger partial charge in [-0.15, -0.1) is 0 Å². The lowest BCUT2D eigenvalue weighted by molar-refractivity contribution is 0.0941. The highest BCUT2D eigenvalue weighted by Gasteiger charge is 2.17. The van der Waals surface area contributed by atoms with Crippen molar-refractivity contribution in [1.29, 1.82) is 0 Å². The molecule has 0 amide bonds. The average molecular weight is 346 g/mol. The molecule has 0 aliphatic carbocycles. The van der Waals surface area contributed by atoms with E-state index in [-0.39, 0.29) is 11.7 Å². The van der Waals surface area contributed by atoms with Crippen LogP contribution in [0.4, 0.5) is 0 Å². The molecule has 4 heteroatoms. The third-order valence-electron chi connectivity index (χ3n) is 3.93. The first-order valence-electron chi connectivity index (χ1n) is 7.53. The van der Waals surface area contributed by atoms with Gasteiger partial charge in [0, 0.05) is 45.2 Å². The Kier molecular flexibility index (Phi) is 4.47. The fourth-order valence-electron chi connectivity index (χ4n) is 2.72. The Morgan fingerprint density at radius 3 is 2.57 bits per heavy atom. The molecule has 118 valence electrons. The molecule has 2 aromatic carbocycles. The van der Waals surface area contributed by atoms with E-state index in [9.17, 15) is 4.79 Å². The van der Waals surface area contributed by atoms with E-state index in [1.165, 1.54) is 0 Å². The van der Waals surface area contributed by atoms with E-state index in [0.29, 0.717) is 16.6 Å². The van der Waals surface area contributed by atoms with E-state index in [4.69, 9.17) is 23.2 Å². The molecule has 0 unspecified atom stereocenters. The van der Waals surface area contributed by atoms with Crippen molar-refractivity contribution in [2.24, 2.45) is 5.92 Å². The van der Waals surface area contributed by atoms with Gasteiger partial charge in [0.05, 0.1) is 0 Å². The monoisotopic (exact) mass is 345 g/mol. The lowest BCUT2D eigenvalue weighted by atomic mass is 10.0. The van der Waals surface area contributed by atoms with Crippen molar-refractivity contribution >= 4 is 39.9 Å². The highest BCUT2D eigenvalue weighted by Crippen LogP contribution is 2.27. The van der Waals surface area contributed by atoms with Crippen LogP contribution in [0.1, 0.15) is 29.8 Å². The summed E-state index contributed by atoms with van der Waals surface area (Å²) in [5.41, 5.74) is 2.77. The van der Waals surface area contributed by atoms with Gasteiger partial charge in [0.2, 0.25) is 0 Å². The predicted molar refractivity (Wildman–Crippen MR) is 96.7 cm³/mol. The van der Waals surface area contributed by atoms with Crippen LogP contribution in [-0.2, 0) is 6.54 Å². The molecular formula is C19H17Cl2NO. The summed E-state index contributed by atoms with van der Waals surface area (Å²) in [6.45, 7) is 4.44. The summed E-state index contributed by atoms with van der Waals surface area (Å²) in [5, 5.41) is 2.23. The Labute approximate surface area is 145 Å². The van der Waals surface area contributed by atoms with Crippen molar-refractivity contribution in [2.75, 3.05) is 0 Å². The highest BCUT2D eigenvalue weighted by atomic mass is 35.5. The number of hydrogen-bond acceptors (Lipinski definition) is 1. The number of rotatable bonds is 4. The molecule has 23 heavy (non-hydrogen) atoms. The Morgan fingerprint density at radius 1 is 1.13 bits per heavy atom. The molecule has 2 nitrogen and oxygen atoms in total. The maximum Gasteiger partial charge on any atom is 0.167 e. The molecule has 0 atom stereocenters. The molecule has 0 spiro atoms. The minimum Gasteiger partial charge on any atom is -0.342 e. The van der Waals surface area contributed by atoms with Crippen molar-refractivity contribution in [3.8, 4) is 0 Å². The van der Waals surface area contributed by atoms with E-state index in [1.807, 2.05) is 56.4 Å². The van der Waals surface area contributed by atoms with Gasteiger partial charge < -0.3 is 4.57 Å². The number of para-hydroxylation sites is 1. The van der Waals surface area contributed by atoms with Crippen molar-refractivity contribution in [2.45, 2.75) is 20.4 Å². The SMILES string of the molecule is CC(C)C(=O)c1cn(Cc2ccc(Cl)cc2Cl)c2ccccc12. The van der Waals surface area contributed by atoms with Gasteiger partial charge in [-0.1, -0.05) is 61.3 Å². The summed E-state index contributed by atoms with van der Waals surface area (Å²) < 4.78 is 2.07. The van der Waals surface area contributed by atoms with Crippen LogP contribution in [0.25, 0.3) is 10.9 Å². The Bertz CT molecular complexity index is 880. The second-order valence-corrected chi connectivity index (χ2v) is 6.79. The highest BCUT2D eigenvalue weighted by molar-refractivity contribution is 6.35. The van der Waals surface area contributed by atoms with Crippen LogP contribution in [0, 0.1) is 5.92 Å². The first-order valence-corrected chi connectivity index (χ1v) is 8.29. The lowest BCUT2D eigenvalue weighted by Gasteiger charge is -2.08. The standard InChI is InChI=1S/C19H17Cl2NO/c1-12(2)19(23)16-11-22(18-6-4-3-5-15(16)18)10-13-7-8-14(20)9-17(13)21/h3-9,11-12H,10H2,1-2H3. The van der Waals surface area contributed by atoms with Crippen LogP contribution in [0.3, 0.4) is 0 Å². The van der Waals surface area contributed by atoms with Gasteiger partial charge >= 0.3 is 0 Å². The van der Waals surface area contributed by atoms with Crippen LogP contribution >= 0.6 is 23.2 Å². The summed E-state index contributed by atoms with van der Waals surface area (Å²) in [4.78, 5) is 12.5. The van der Waals surface area contributed by atoms with E-state index >= 15 is 0 Å². The molecule has 0 N–H and O–H groups in total. The van der Waals surface area contributed by atoms with Crippen molar-refractivity contribution in [3.05, 3.63) is 69.8 Å². The smallest absolute Gasteiger partial charge is 0.167 e. The quantitative estimate of drug-likeness (QED) is 0.544. The van der Waals surface area contributed by atoms with Gasteiger partial charge in [0.25, 0.3) is 0 Å². The first-order chi connectivity index (χ1) is 11.0. The zero-order chi connectivity index (χ0) is 16.6. The fraction of sp³-hybridized carbons (Fsp3) is 0.211. The van der Waals surface area contributed by atoms with E-state index in [1.54, 1.807) is 6.07 Å². The van der Waals surface area contributed by atoms with E-state index in [2.05, 4.69) is 4.57 Å². The molecule has 0 bridgehead atoms. The van der Waals surface area contributed by atoms with Gasteiger partial charge in [-0.25, -0.2) is 0 Å². The lowest BCUT2D eigenvalue weighted by Crippen LogP contribution is -2.06. The molecule has 0 aliphatic heterocycles. The number of benzene rings is 2. The number of aromatic nitrogens is 1. The van der Waals surface area contributed by atoms with E-state index < -0.39 is 0 Å². The van der Waals surface area contributed by atoms with Crippen molar-refractivity contribution in [1.82, 2.24) is 4.57 Å². The largest absolute Gasteiger partial charge is 0.342 e. The molecule has 0 radical (unpaired) electrons. The Balaban J connectivity index is 2.09. The van der Waals surface area contributed by atoms with Gasteiger partial charge in [-0.05, 0) is 23.8 Å². The summed E-state index contributed by atoms with van der Waals surface area (Å²) in [6.07, 6.45) is 1.93. The Hall–Kier alpha value is -1.77. The van der Waals surface area contributed by atoms with E-state index in [0.717, 1.165) is 22.0 Å². The minimum atomic E-state index is -0.0339. The number of nitrogens with zero attached hydrogens (tertiary/aromatic N) is 1. The summed E-state index contributed by atoms with van der Waals surface area (Å²) in [5.74, 6) is 0.121. The van der Waals surface area contributed by atoms with Crippen molar-refractivity contribution < 1.29 is 4.79 Å². The average Bonchev–Trinajstić information content (AvgIpc) is 2.88. The van der Waals surface area contributed by atoms with Crippen LogP contribution in [0.15, 0.2) is 48.7 Å².